The van der Waals surface area contributed by atoms with Gasteiger partial charge >= 0.3 is 6.18 Å². The van der Waals surface area contributed by atoms with Crippen LogP contribution in [0.15, 0.2) is 6.07 Å². The number of rotatable bonds is 2. The first-order chi connectivity index (χ1) is 7.77. The molecule has 92 valence electrons. The van der Waals surface area contributed by atoms with Crippen LogP contribution in [0.4, 0.5) is 22.0 Å². The molecule has 1 heterocycles. The Kier molecular flexibility index (Phi) is 3.88. The molecule has 0 atom stereocenters. The zero-order valence-corrected chi connectivity index (χ0v) is 8.78. The van der Waals surface area contributed by atoms with E-state index in [1.165, 1.54) is 6.07 Å². The third-order valence-corrected chi connectivity index (χ3v) is 2.13. The van der Waals surface area contributed by atoms with Crippen LogP contribution in [-0.2, 0) is 12.6 Å². The molecule has 1 aromatic heterocycles. The van der Waals surface area contributed by atoms with Crippen molar-refractivity contribution in [3.63, 3.8) is 0 Å². The highest BCUT2D eigenvalue weighted by atomic mass is 35.5. The Morgan fingerprint density at radius 3 is 2.41 bits per heavy atom. The van der Waals surface area contributed by atoms with Crippen LogP contribution in [0.5, 0.6) is 0 Å². The number of aromatic nitrogens is 1. The van der Waals surface area contributed by atoms with Crippen molar-refractivity contribution >= 4 is 11.6 Å². The van der Waals surface area contributed by atoms with Crippen LogP contribution in [0.2, 0.25) is 5.15 Å². The van der Waals surface area contributed by atoms with E-state index < -0.39 is 41.0 Å². The van der Waals surface area contributed by atoms with Gasteiger partial charge in [0, 0.05) is 0 Å². The molecule has 0 N–H and O–H groups in total. The van der Waals surface area contributed by atoms with Crippen molar-refractivity contribution in [2.24, 2.45) is 0 Å². The summed E-state index contributed by atoms with van der Waals surface area (Å²) in [5.74, 6) is 0. The molecule has 0 aliphatic heterocycles. The molecule has 0 radical (unpaired) electrons. The van der Waals surface area contributed by atoms with E-state index >= 15 is 0 Å². The van der Waals surface area contributed by atoms with Gasteiger partial charge in [0.25, 0.3) is 6.43 Å². The summed E-state index contributed by atoms with van der Waals surface area (Å²) in [6, 6.07) is 2.00. The van der Waals surface area contributed by atoms with Crippen molar-refractivity contribution in [2.75, 3.05) is 0 Å². The van der Waals surface area contributed by atoms with Gasteiger partial charge in [-0.1, -0.05) is 11.6 Å². The number of pyridine rings is 1. The maximum Gasteiger partial charge on any atom is 0.419 e. The van der Waals surface area contributed by atoms with Gasteiger partial charge in [-0.3, -0.25) is 0 Å². The van der Waals surface area contributed by atoms with Gasteiger partial charge in [-0.2, -0.15) is 18.4 Å². The van der Waals surface area contributed by atoms with E-state index in [2.05, 4.69) is 4.98 Å². The summed E-state index contributed by atoms with van der Waals surface area (Å²) < 4.78 is 62.3. The molecule has 0 spiro atoms. The Morgan fingerprint density at radius 2 is 2.00 bits per heavy atom. The molecule has 1 aromatic rings. The third-order valence-electron chi connectivity index (χ3n) is 1.85. The minimum atomic E-state index is -4.84. The van der Waals surface area contributed by atoms with E-state index in [0.29, 0.717) is 6.07 Å². The maximum absolute atomic E-state index is 12.5. The van der Waals surface area contributed by atoms with Crippen LogP contribution in [0, 0.1) is 11.3 Å². The van der Waals surface area contributed by atoms with Gasteiger partial charge in [0.2, 0.25) is 0 Å². The molecule has 0 aliphatic carbocycles. The summed E-state index contributed by atoms with van der Waals surface area (Å²) in [5, 5.41) is 7.29. The van der Waals surface area contributed by atoms with E-state index in [1.54, 1.807) is 0 Å². The highest BCUT2D eigenvalue weighted by Gasteiger charge is 2.37. The van der Waals surface area contributed by atoms with Crippen molar-refractivity contribution in [1.82, 2.24) is 4.98 Å². The molecule has 0 aliphatic rings. The van der Waals surface area contributed by atoms with Gasteiger partial charge < -0.3 is 0 Å². The second kappa shape index (κ2) is 4.84. The molecule has 0 unspecified atom stereocenters. The third kappa shape index (κ3) is 3.03. The Bertz CT molecular complexity index is 464. The largest absolute Gasteiger partial charge is 0.419 e. The zero-order valence-electron chi connectivity index (χ0n) is 8.02. The predicted molar refractivity (Wildman–Crippen MR) is 48.5 cm³/mol. The summed E-state index contributed by atoms with van der Waals surface area (Å²) in [4.78, 5) is 2.97. The van der Waals surface area contributed by atoms with E-state index in [1.807, 2.05) is 0 Å². The van der Waals surface area contributed by atoms with Crippen molar-refractivity contribution < 1.29 is 22.0 Å². The summed E-state index contributed by atoms with van der Waals surface area (Å²) in [5.41, 5.74) is -2.83. The number of halogens is 6. The SMILES string of the molecule is N#CCc1cc(C(F)F)nc(Cl)c1C(F)(F)F. The molecule has 0 fully saturated rings. The fraction of sp³-hybridized carbons (Fsp3) is 0.333. The number of nitrogens with zero attached hydrogens (tertiary/aromatic N) is 2. The van der Waals surface area contributed by atoms with Gasteiger partial charge in [-0.25, -0.2) is 13.8 Å². The molecule has 0 saturated carbocycles. The van der Waals surface area contributed by atoms with Crippen LogP contribution in [0.3, 0.4) is 0 Å². The van der Waals surface area contributed by atoms with Crippen LogP contribution >= 0.6 is 11.6 Å². The molecule has 0 amide bonds. The number of hydrogen-bond donors (Lipinski definition) is 0. The highest BCUT2D eigenvalue weighted by Crippen LogP contribution is 2.37. The van der Waals surface area contributed by atoms with Gasteiger partial charge in [0.05, 0.1) is 18.1 Å². The minimum Gasteiger partial charge on any atom is -0.234 e. The van der Waals surface area contributed by atoms with E-state index in [9.17, 15) is 22.0 Å². The highest BCUT2D eigenvalue weighted by molar-refractivity contribution is 6.30. The summed E-state index contributed by atoms with van der Waals surface area (Å²) in [6.07, 6.45) is -8.56. The number of hydrogen-bond acceptors (Lipinski definition) is 2. The fourth-order valence-electron chi connectivity index (χ4n) is 1.22. The quantitative estimate of drug-likeness (QED) is 0.606. The van der Waals surface area contributed by atoms with Gasteiger partial charge in [-0.15, -0.1) is 0 Å². The van der Waals surface area contributed by atoms with Crippen LogP contribution in [0.1, 0.15) is 23.2 Å². The lowest BCUT2D eigenvalue weighted by atomic mass is 10.1. The van der Waals surface area contributed by atoms with Crippen LogP contribution in [0.25, 0.3) is 0 Å². The van der Waals surface area contributed by atoms with E-state index in [0.717, 1.165) is 0 Å². The topological polar surface area (TPSA) is 36.7 Å². The molecule has 0 saturated heterocycles. The lowest BCUT2D eigenvalue weighted by Gasteiger charge is -2.13. The maximum atomic E-state index is 12.5. The molecule has 1 rings (SSSR count). The molecule has 17 heavy (non-hydrogen) atoms. The summed E-state index contributed by atoms with van der Waals surface area (Å²) >= 11 is 5.23. The van der Waals surface area contributed by atoms with Crippen LogP contribution in [-0.4, -0.2) is 4.98 Å². The Morgan fingerprint density at radius 1 is 1.41 bits per heavy atom. The zero-order chi connectivity index (χ0) is 13.2. The van der Waals surface area contributed by atoms with Gasteiger partial charge in [0.1, 0.15) is 10.8 Å². The van der Waals surface area contributed by atoms with Crippen molar-refractivity contribution in [2.45, 2.75) is 19.0 Å². The summed E-state index contributed by atoms with van der Waals surface area (Å²) in [7, 11) is 0. The molecule has 0 aromatic carbocycles. The minimum absolute atomic E-state index is 0.544. The number of alkyl halides is 5. The van der Waals surface area contributed by atoms with Gasteiger partial charge in [-0.05, 0) is 11.6 Å². The molecular weight excluding hydrogens is 267 g/mol. The van der Waals surface area contributed by atoms with Crippen molar-refractivity contribution in [1.29, 1.82) is 5.26 Å². The van der Waals surface area contributed by atoms with E-state index in [4.69, 9.17) is 16.9 Å². The normalized spacial score (nSPS) is 11.6. The predicted octanol–water partition coefficient (Wildman–Crippen LogP) is 3.76. The molecule has 8 heteroatoms. The lowest BCUT2D eigenvalue weighted by molar-refractivity contribution is -0.138. The standard InChI is InChI=1S/C9H4ClF5N2/c10-7-6(9(13,14)15)4(1-2-16)3-5(17-7)8(11)12/h3,8H,1H2. The van der Waals surface area contributed by atoms with Crippen LogP contribution < -0.4 is 0 Å². The lowest BCUT2D eigenvalue weighted by Crippen LogP contribution is -2.12. The van der Waals surface area contributed by atoms with Crippen molar-refractivity contribution in [3.8, 4) is 6.07 Å². The van der Waals surface area contributed by atoms with Gasteiger partial charge in [0.15, 0.2) is 0 Å². The average molecular weight is 271 g/mol. The molecule has 2 nitrogen and oxygen atoms in total. The molecule has 0 bridgehead atoms. The first kappa shape index (κ1) is 13.6. The second-order valence-electron chi connectivity index (χ2n) is 3.01. The second-order valence-corrected chi connectivity index (χ2v) is 3.36. The first-order valence-electron chi connectivity index (χ1n) is 4.19. The van der Waals surface area contributed by atoms with E-state index in [-0.39, 0.29) is 0 Å². The smallest absolute Gasteiger partial charge is 0.234 e. The Balaban J connectivity index is 3.45. The van der Waals surface area contributed by atoms with Crippen molar-refractivity contribution in [3.05, 3.63) is 28.0 Å². The Hall–Kier alpha value is -1.42. The monoisotopic (exact) mass is 270 g/mol. The fourth-order valence-corrected chi connectivity index (χ4v) is 1.55. The average Bonchev–Trinajstić information content (AvgIpc) is 2.14. The molecular formula is C9H4ClF5N2. The number of nitriles is 1. The Labute approximate surface area is 97.6 Å². The summed E-state index contributed by atoms with van der Waals surface area (Å²) in [6.45, 7) is 0. The first-order valence-corrected chi connectivity index (χ1v) is 4.56.